The summed E-state index contributed by atoms with van der Waals surface area (Å²) in [6.07, 6.45) is 0. The van der Waals surface area contributed by atoms with E-state index in [4.69, 9.17) is 4.74 Å². The molecule has 2 saturated heterocycles. The molecule has 0 spiro atoms. The number of carbonyl (C=O) groups is 2. The molecule has 1 aromatic rings. The fraction of sp³-hybridized carbons (Fsp3) is 0.500. The zero-order valence-electron chi connectivity index (χ0n) is 13.2. The lowest BCUT2D eigenvalue weighted by atomic mass is 10.2. The number of hydrogen-bond acceptors (Lipinski definition) is 4. The molecule has 124 valence electrons. The van der Waals surface area contributed by atoms with Gasteiger partial charge in [0.2, 0.25) is 5.91 Å². The molecule has 2 N–H and O–H groups in total. The normalized spacial score (nSPS) is 20.8. The van der Waals surface area contributed by atoms with Crippen molar-refractivity contribution in [2.45, 2.75) is 12.6 Å². The van der Waals surface area contributed by atoms with Crippen LogP contribution >= 0.6 is 0 Å². The summed E-state index contributed by atoms with van der Waals surface area (Å²) in [4.78, 5) is 27.7. The quantitative estimate of drug-likeness (QED) is 0.803. The highest BCUT2D eigenvalue weighted by Crippen LogP contribution is 2.17. The lowest BCUT2D eigenvalue weighted by Crippen LogP contribution is -2.54. The molecule has 2 fully saturated rings. The first kappa shape index (κ1) is 15.6. The molecule has 7 heteroatoms. The van der Waals surface area contributed by atoms with Gasteiger partial charge >= 0.3 is 6.03 Å². The predicted octanol–water partition coefficient (Wildman–Crippen LogP) is 0.0208. The van der Waals surface area contributed by atoms with Gasteiger partial charge in [-0.15, -0.1) is 0 Å². The number of ether oxygens (including phenoxy) is 1. The van der Waals surface area contributed by atoms with Gasteiger partial charge in [0.1, 0.15) is 5.75 Å². The van der Waals surface area contributed by atoms with Crippen molar-refractivity contribution >= 4 is 11.9 Å². The molecule has 2 heterocycles. The van der Waals surface area contributed by atoms with Crippen molar-refractivity contribution in [3.05, 3.63) is 29.8 Å². The second-order valence-corrected chi connectivity index (χ2v) is 5.86. The van der Waals surface area contributed by atoms with Crippen LogP contribution in [0.2, 0.25) is 0 Å². The number of amides is 3. The van der Waals surface area contributed by atoms with Crippen molar-refractivity contribution in [1.29, 1.82) is 0 Å². The summed E-state index contributed by atoms with van der Waals surface area (Å²) in [6.45, 7) is 3.61. The van der Waals surface area contributed by atoms with Gasteiger partial charge in [-0.2, -0.15) is 0 Å². The summed E-state index contributed by atoms with van der Waals surface area (Å²) >= 11 is 0. The molecule has 3 amide bonds. The minimum Gasteiger partial charge on any atom is -0.496 e. The van der Waals surface area contributed by atoms with Crippen LogP contribution in [0.15, 0.2) is 24.3 Å². The molecular weight excluding hydrogens is 296 g/mol. The smallest absolute Gasteiger partial charge is 0.317 e. The summed E-state index contributed by atoms with van der Waals surface area (Å²) in [5.74, 6) is 0.763. The molecule has 7 nitrogen and oxygen atoms in total. The number of benzene rings is 1. The Hall–Kier alpha value is -2.28. The van der Waals surface area contributed by atoms with E-state index in [2.05, 4.69) is 15.5 Å². The molecule has 0 radical (unpaired) electrons. The fourth-order valence-electron chi connectivity index (χ4n) is 3.11. The third-order valence-electron chi connectivity index (χ3n) is 4.35. The van der Waals surface area contributed by atoms with Crippen LogP contribution in [0, 0.1) is 0 Å². The maximum absolute atomic E-state index is 12.2. The minimum absolute atomic E-state index is 0.00951. The molecule has 0 aromatic heterocycles. The molecule has 1 unspecified atom stereocenters. The van der Waals surface area contributed by atoms with E-state index in [-0.39, 0.29) is 18.0 Å². The van der Waals surface area contributed by atoms with E-state index in [0.29, 0.717) is 26.2 Å². The van der Waals surface area contributed by atoms with Crippen molar-refractivity contribution < 1.29 is 14.3 Å². The van der Waals surface area contributed by atoms with Crippen LogP contribution in [0.3, 0.4) is 0 Å². The predicted molar refractivity (Wildman–Crippen MR) is 85.2 cm³/mol. The van der Waals surface area contributed by atoms with Crippen molar-refractivity contribution in [3.63, 3.8) is 0 Å². The Labute approximate surface area is 135 Å². The molecule has 3 rings (SSSR count). The summed E-state index contributed by atoms with van der Waals surface area (Å²) in [5, 5.41) is 5.77. The first-order valence-electron chi connectivity index (χ1n) is 7.83. The molecule has 0 aliphatic carbocycles. The first-order chi connectivity index (χ1) is 11.2. The second-order valence-electron chi connectivity index (χ2n) is 5.86. The van der Waals surface area contributed by atoms with Gasteiger partial charge in [-0.1, -0.05) is 18.2 Å². The molecule has 0 bridgehead atoms. The standard InChI is InChI=1S/C16H22N4O3/c1-23-14-5-3-2-4-12(14)8-17-15(21)11-19-6-7-20-13(10-19)9-18-16(20)22/h2-5,13H,6-11H2,1H3,(H,17,21)(H,18,22). The SMILES string of the molecule is COc1ccccc1CNC(=O)CN1CCN2C(=O)NCC2C1. The number of nitrogens with zero attached hydrogens (tertiary/aromatic N) is 2. The number of para-hydroxylation sites is 1. The highest BCUT2D eigenvalue weighted by atomic mass is 16.5. The number of carbonyl (C=O) groups excluding carboxylic acids is 2. The van der Waals surface area contributed by atoms with Crippen LogP contribution in [-0.4, -0.2) is 67.6 Å². The molecular formula is C16H22N4O3. The van der Waals surface area contributed by atoms with Gasteiger partial charge in [-0.25, -0.2) is 4.79 Å². The van der Waals surface area contributed by atoms with Crippen LogP contribution in [0.25, 0.3) is 0 Å². The number of fused-ring (bicyclic) bond motifs is 1. The molecule has 2 aliphatic heterocycles. The van der Waals surface area contributed by atoms with E-state index in [1.807, 2.05) is 29.2 Å². The fourth-order valence-corrected chi connectivity index (χ4v) is 3.11. The lowest BCUT2D eigenvalue weighted by Gasteiger charge is -2.35. The Bertz CT molecular complexity index is 592. The first-order valence-corrected chi connectivity index (χ1v) is 7.83. The maximum Gasteiger partial charge on any atom is 0.317 e. The molecule has 1 atom stereocenters. The zero-order valence-corrected chi connectivity index (χ0v) is 13.2. The Morgan fingerprint density at radius 1 is 1.39 bits per heavy atom. The van der Waals surface area contributed by atoms with Crippen LogP contribution in [0.5, 0.6) is 5.75 Å². The van der Waals surface area contributed by atoms with Gasteiger partial charge < -0.3 is 20.3 Å². The summed E-state index contributed by atoms with van der Waals surface area (Å²) < 4.78 is 5.28. The van der Waals surface area contributed by atoms with Crippen LogP contribution in [0.1, 0.15) is 5.56 Å². The van der Waals surface area contributed by atoms with Gasteiger partial charge in [0, 0.05) is 38.3 Å². The second kappa shape index (κ2) is 6.87. The number of nitrogens with one attached hydrogen (secondary N) is 2. The van der Waals surface area contributed by atoms with Crippen LogP contribution in [-0.2, 0) is 11.3 Å². The third-order valence-corrected chi connectivity index (χ3v) is 4.35. The Kier molecular flexibility index (Phi) is 4.66. The maximum atomic E-state index is 12.2. The van der Waals surface area contributed by atoms with Crippen LogP contribution in [0.4, 0.5) is 4.79 Å². The molecule has 23 heavy (non-hydrogen) atoms. The van der Waals surface area contributed by atoms with Crippen LogP contribution < -0.4 is 15.4 Å². The summed E-state index contributed by atoms with van der Waals surface area (Å²) in [6, 6.07) is 7.83. The summed E-state index contributed by atoms with van der Waals surface area (Å²) in [5.41, 5.74) is 0.957. The Morgan fingerprint density at radius 3 is 3.04 bits per heavy atom. The van der Waals surface area contributed by atoms with Gasteiger partial charge in [-0.05, 0) is 6.07 Å². The van der Waals surface area contributed by atoms with Gasteiger partial charge in [0.05, 0.1) is 19.7 Å². The zero-order chi connectivity index (χ0) is 16.2. The minimum atomic E-state index is -0.0124. The lowest BCUT2D eigenvalue weighted by molar-refractivity contribution is -0.122. The average molecular weight is 318 g/mol. The van der Waals surface area contributed by atoms with E-state index in [9.17, 15) is 9.59 Å². The molecule has 1 aromatic carbocycles. The largest absolute Gasteiger partial charge is 0.496 e. The molecule has 2 aliphatic rings. The topological polar surface area (TPSA) is 73.9 Å². The van der Waals surface area contributed by atoms with E-state index in [1.54, 1.807) is 7.11 Å². The highest BCUT2D eigenvalue weighted by molar-refractivity contribution is 5.79. The Balaban J connectivity index is 1.47. The monoisotopic (exact) mass is 318 g/mol. The number of rotatable bonds is 5. The van der Waals surface area contributed by atoms with Crippen molar-refractivity contribution in [3.8, 4) is 5.75 Å². The van der Waals surface area contributed by atoms with E-state index >= 15 is 0 Å². The van der Waals surface area contributed by atoms with Gasteiger partial charge in [0.15, 0.2) is 0 Å². The van der Waals surface area contributed by atoms with Crippen molar-refractivity contribution in [1.82, 2.24) is 20.4 Å². The average Bonchev–Trinajstić information content (AvgIpc) is 2.94. The molecule has 0 saturated carbocycles. The highest BCUT2D eigenvalue weighted by Gasteiger charge is 2.35. The summed E-state index contributed by atoms with van der Waals surface area (Å²) in [7, 11) is 1.62. The number of hydrogen-bond donors (Lipinski definition) is 2. The van der Waals surface area contributed by atoms with Crippen molar-refractivity contribution in [2.75, 3.05) is 39.8 Å². The van der Waals surface area contributed by atoms with Crippen molar-refractivity contribution in [2.24, 2.45) is 0 Å². The number of urea groups is 1. The number of methoxy groups -OCH3 is 1. The Morgan fingerprint density at radius 2 is 2.22 bits per heavy atom. The van der Waals surface area contributed by atoms with E-state index in [0.717, 1.165) is 24.4 Å². The van der Waals surface area contributed by atoms with E-state index < -0.39 is 0 Å². The van der Waals surface area contributed by atoms with Gasteiger partial charge in [0.25, 0.3) is 0 Å². The third kappa shape index (κ3) is 3.56. The van der Waals surface area contributed by atoms with E-state index in [1.165, 1.54) is 0 Å². The van der Waals surface area contributed by atoms with Gasteiger partial charge in [-0.3, -0.25) is 9.69 Å². The number of piperazine rings is 1.